The van der Waals surface area contributed by atoms with E-state index in [9.17, 15) is 9.18 Å². The second-order valence-electron chi connectivity index (χ2n) is 3.07. The molecule has 1 N–H and O–H groups in total. The van der Waals surface area contributed by atoms with Gasteiger partial charge in [-0.05, 0) is 29.3 Å². The maximum Gasteiger partial charge on any atom is 0.411 e. The summed E-state index contributed by atoms with van der Waals surface area (Å²) in [6, 6.07) is 4.33. The molecule has 1 aromatic rings. The predicted molar refractivity (Wildman–Crippen MR) is 49.0 cm³/mol. The SMILES string of the molecule is O=C(O)N1C=Cc2cc(F)ccc2C1. The van der Waals surface area contributed by atoms with Gasteiger partial charge in [0.05, 0.1) is 6.54 Å². The fourth-order valence-electron chi connectivity index (χ4n) is 1.40. The third-order valence-corrected chi connectivity index (χ3v) is 2.13. The molecule has 1 heterocycles. The molecule has 0 aliphatic carbocycles. The molecule has 0 saturated heterocycles. The molecular weight excluding hydrogens is 185 g/mol. The van der Waals surface area contributed by atoms with E-state index in [0.717, 1.165) is 16.0 Å². The Bertz CT molecular complexity index is 415. The molecule has 1 aromatic carbocycles. The Morgan fingerprint density at radius 2 is 2.29 bits per heavy atom. The molecule has 0 aromatic heterocycles. The maximum atomic E-state index is 12.8. The van der Waals surface area contributed by atoms with Gasteiger partial charge in [-0.3, -0.25) is 4.90 Å². The minimum atomic E-state index is -1.00. The first-order valence-corrected chi connectivity index (χ1v) is 4.13. The Morgan fingerprint density at radius 3 is 3.00 bits per heavy atom. The van der Waals surface area contributed by atoms with Crippen molar-refractivity contribution in [3.8, 4) is 0 Å². The monoisotopic (exact) mass is 193 g/mol. The third-order valence-electron chi connectivity index (χ3n) is 2.13. The largest absolute Gasteiger partial charge is 0.465 e. The molecule has 2 rings (SSSR count). The van der Waals surface area contributed by atoms with Crippen molar-refractivity contribution in [2.45, 2.75) is 6.54 Å². The zero-order valence-electron chi connectivity index (χ0n) is 7.27. The summed E-state index contributed by atoms with van der Waals surface area (Å²) in [7, 11) is 0. The highest BCUT2D eigenvalue weighted by atomic mass is 19.1. The Morgan fingerprint density at radius 1 is 1.50 bits per heavy atom. The zero-order valence-corrected chi connectivity index (χ0v) is 7.27. The topological polar surface area (TPSA) is 40.5 Å². The number of hydrogen-bond acceptors (Lipinski definition) is 1. The molecule has 0 unspecified atom stereocenters. The first-order valence-electron chi connectivity index (χ1n) is 4.13. The molecule has 0 saturated carbocycles. The summed E-state index contributed by atoms with van der Waals surface area (Å²) in [6.07, 6.45) is 2.02. The average Bonchev–Trinajstić information content (AvgIpc) is 2.16. The average molecular weight is 193 g/mol. The molecule has 3 nitrogen and oxygen atoms in total. The lowest BCUT2D eigenvalue weighted by Gasteiger charge is -2.20. The number of benzene rings is 1. The third kappa shape index (κ3) is 1.46. The molecule has 0 fully saturated rings. The van der Waals surface area contributed by atoms with Crippen LogP contribution in [0.3, 0.4) is 0 Å². The lowest BCUT2D eigenvalue weighted by molar-refractivity contribution is 0.161. The Balaban J connectivity index is 2.36. The van der Waals surface area contributed by atoms with Crippen LogP contribution in [0.25, 0.3) is 6.08 Å². The van der Waals surface area contributed by atoms with Crippen molar-refractivity contribution in [1.29, 1.82) is 0 Å². The van der Waals surface area contributed by atoms with Crippen molar-refractivity contribution in [2.24, 2.45) is 0 Å². The van der Waals surface area contributed by atoms with Crippen LogP contribution in [0.5, 0.6) is 0 Å². The van der Waals surface area contributed by atoms with E-state index in [0.29, 0.717) is 0 Å². The fraction of sp³-hybridized carbons (Fsp3) is 0.100. The second-order valence-corrected chi connectivity index (χ2v) is 3.07. The van der Waals surface area contributed by atoms with E-state index in [4.69, 9.17) is 5.11 Å². The van der Waals surface area contributed by atoms with Crippen LogP contribution in [0, 0.1) is 5.82 Å². The summed E-state index contributed by atoms with van der Waals surface area (Å²) < 4.78 is 12.8. The van der Waals surface area contributed by atoms with E-state index in [-0.39, 0.29) is 12.4 Å². The molecule has 1 aliphatic rings. The summed E-state index contributed by atoms with van der Waals surface area (Å²) in [5.41, 5.74) is 1.55. The fourth-order valence-corrected chi connectivity index (χ4v) is 1.40. The van der Waals surface area contributed by atoms with Crippen molar-refractivity contribution in [2.75, 3.05) is 0 Å². The van der Waals surface area contributed by atoms with Crippen molar-refractivity contribution in [1.82, 2.24) is 4.90 Å². The first-order chi connectivity index (χ1) is 6.66. The van der Waals surface area contributed by atoms with Gasteiger partial charge in [-0.25, -0.2) is 9.18 Å². The highest BCUT2D eigenvalue weighted by Gasteiger charge is 2.15. The van der Waals surface area contributed by atoms with Gasteiger partial charge in [-0.2, -0.15) is 0 Å². The van der Waals surface area contributed by atoms with Crippen LogP contribution >= 0.6 is 0 Å². The number of hydrogen-bond donors (Lipinski definition) is 1. The first kappa shape index (κ1) is 8.74. The van der Waals surface area contributed by atoms with Gasteiger partial charge in [-0.15, -0.1) is 0 Å². The predicted octanol–water partition coefficient (Wildman–Crippen LogP) is 2.29. The quantitative estimate of drug-likeness (QED) is 0.686. The molecule has 4 heteroatoms. The summed E-state index contributed by atoms with van der Waals surface area (Å²) in [6.45, 7) is 0.279. The maximum absolute atomic E-state index is 12.8. The van der Waals surface area contributed by atoms with Gasteiger partial charge >= 0.3 is 6.09 Å². The molecule has 72 valence electrons. The number of carboxylic acid groups (broad SMARTS) is 1. The van der Waals surface area contributed by atoms with Crippen molar-refractivity contribution >= 4 is 12.2 Å². The van der Waals surface area contributed by atoms with Gasteiger partial charge in [0, 0.05) is 6.20 Å². The van der Waals surface area contributed by atoms with Crippen molar-refractivity contribution in [3.63, 3.8) is 0 Å². The second kappa shape index (κ2) is 3.14. The number of fused-ring (bicyclic) bond motifs is 1. The van der Waals surface area contributed by atoms with Gasteiger partial charge in [0.25, 0.3) is 0 Å². The zero-order chi connectivity index (χ0) is 10.1. The van der Waals surface area contributed by atoms with E-state index < -0.39 is 6.09 Å². The Hall–Kier alpha value is -1.84. The van der Waals surface area contributed by atoms with Gasteiger partial charge in [0.15, 0.2) is 0 Å². The van der Waals surface area contributed by atoms with Crippen molar-refractivity contribution < 1.29 is 14.3 Å². The normalized spacial score (nSPS) is 13.9. The van der Waals surface area contributed by atoms with Crippen molar-refractivity contribution in [3.05, 3.63) is 41.3 Å². The van der Waals surface area contributed by atoms with Crippen LogP contribution in [0.2, 0.25) is 0 Å². The van der Waals surface area contributed by atoms with Crippen LogP contribution in [0.1, 0.15) is 11.1 Å². The summed E-state index contributed by atoms with van der Waals surface area (Å²) in [5.74, 6) is -0.308. The highest BCUT2D eigenvalue weighted by molar-refractivity contribution is 5.70. The molecule has 0 spiro atoms. The van der Waals surface area contributed by atoms with E-state index in [1.165, 1.54) is 18.3 Å². The van der Waals surface area contributed by atoms with E-state index in [2.05, 4.69) is 0 Å². The number of nitrogens with zero attached hydrogens (tertiary/aromatic N) is 1. The number of rotatable bonds is 0. The van der Waals surface area contributed by atoms with Gasteiger partial charge in [-0.1, -0.05) is 6.07 Å². The van der Waals surface area contributed by atoms with Crippen LogP contribution in [-0.4, -0.2) is 16.1 Å². The van der Waals surface area contributed by atoms with E-state index in [1.807, 2.05) is 0 Å². The number of carbonyl (C=O) groups is 1. The van der Waals surface area contributed by atoms with E-state index in [1.54, 1.807) is 12.1 Å². The van der Waals surface area contributed by atoms with Crippen LogP contribution in [0.15, 0.2) is 24.4 Å². The summed E-state index contributed by atoms with van der Waals surface area (Å²) in [5, 5.41) is 8.72. The molecule has 1 aliphatic heterocycles. The summed E-state index contributed by atoms with van der Waals surface area (Å²) >= 11 is 0. The molecule has 0 bridgehead atoms. The molecule has 1 amide bonds. The lowest BCUT2D eigenvalue weighted by atomic mass is 10.0. The highest BCUT2D eigenvalue weighted by Crippen LogP contribution is 2.20. The number of amides is 1. The van der Waals surface area contributed by atoms with Gasteiger partial charge in [0.2, 0.25) is 0 Å². The Kier molecular flexibility index (Phi) is 1.96. The minimum Gasteiger partial charge on any atom is -0.465 e. The lowest BCUT2D eigenvalue weighted by Crippen LogP contribution is -2.25. The van der Waals surface area contributed by atoms with Gasteiger partial charge < -0.3 is 5.11 Å². The molecular formula is C10H8FNO2. The Labute approximate surface area is 80.1 Å². The smallest absolute Gasteiger partial charge is 0.411 e. The molecule has 14 heavy (non-hydrogen) atoms. The number of halogens is 1. The van der Waals surface area contributed by atoms with Gasteiger partial charge in [0.1, 0.15) is 5.82 Å². The van der Waals surface area contributed by atoms with Crippen LogP contribution < -0.4 is 0 Å². The van der Waals surface area contributed by atoms with Crippen LogP contribution in [-0.2, 0) is 6.54 Å². The minimum absolute atomic E-state index is 0.279. The van der Waals surface area contributed by atoms with Crippen LogP contribution in [0.4, 0.5) is 9.18 Å². The standard InChI is InChI=1S/C10H8FNO2/c11-9-2-1-8-6-12(10(13)14)4-3-7(8)5-9/h1-5H,6H2,(H,13,14). The molecule has 0 radical (unpaired) electrons. The van der Waals surface area contributed by atoms with E-state index >= 15 is 0 Å². The molecule has 0 atom stereocenters. The summed E-state index contributed by atoms with van der Waals surface area (Å²) in [4.78, 5) is 11.8.